The number of aryl methyl sites for hydroxylation is 1. The van der Waals surface area contributed by atoms with Crippen molar-refractivity contribution in [2.75, 3.05) is 18.4 Å². The molecule has 7 nitrogen and oxygen atoms in total. The number of nitrogens with two attached hydrogens (primary N) is 1. The smallest absolute Gasteiger partial charge is 0.369 e. The van der Waals surface area contributed by atoms with Crippen molar-refractivity contribution in [1.82, 2.24) is 19.9 Å². The largest absolute Gasteiger partial charge is 0.419 e. The molecule has 2 aromatic heterocycles. The summed E-state index contributed by atoms with van der Waals surface area (Å²) in [5, 5.41) is 2.99. The monoisotopic (exact) mass is 512 g/mol. The molecule has 1 aliphatic heterocycles. The minimum atomic E-state index is -4.57. The van der Waals surface area contributed by atoms with Crippen LogP contribution in [0.4, 0.5) is 24.8 Å². The number of nitrogens with zero attached hydrogens (tertiary/aromatic N) is 4. The predicted octanol–water partition coefficient (Wildman–Crippen LogP) is 5.25. The number of carbonyl (C=O) groups is 1. The van der Waals surface area contributed by atoms with E-state index in [0.717, 1.165) is 49.0 Å². The minimum Gasteiger partial charge on any atom is -0.369 e. The Labute approximate surface area is 214 Å². The van der Waals surface area contributed by atoms with Crippen LogP contribution in [0.25, 0.3) is 0 Å². The molecule has 0 bridgehead atoms. The van der Waals surface area contributed by atoms with Crippen molar-refractivity contribution >= 4 is 17.5 Å². The summed E-state index contributed by atoms with van der Waals surface area (Å²) >= 11 is 0. The molecule has 3 aliphatic rings. The lowest BCUT2D eigenvalue weighted by Crippen LogP contribution is -2.39. The maximum absolute atomic E-state index is 13.8. The topological polar surface area (TPSA) is 97.0 Å². The Morgan fingerprint density at radius 1 is 1.14 bits per heavy atom. The SMILES string of the molecule is CC(c1ccc(Nc2ncc(C(F)(F)F)c(CCC3=CCCC=C3C3(C(N)=O)CC3)n2)cn1)N1CCC1. The Hall–Kier alpha value is -3.27. The van der Waals surface area contributed by atoms with Crippen molar-refractivity contribution in [3.63, 3.8) is 0 Å². The number of likely N-dealkylation sites (tertiary alicyclic amines) is 1. The van der Waals surface area contributed by atoms with E-state index < -0.39 is 17.2 Å². The molecule has 3 N–H and O–H groups in total. The molecule has 2 aromatic rings. The molecule has 1 unspecified atom stereocenters. The normalized spacial score (nSPS) is 19.9. The van der Waals surface area contributed by atoms with Gasteiger partial charge < -0.3 is 11.1 Å². The van der Waals surface area contributed by atoms with Gasteiger partial charge in [0.15, 0.2) is 0 Å². The van der Waals surface area contributed by atoms with Crippen LogP contribution in [-0.4, -0.2) is 38.8 Å². The number of alkyl halides is 3. The Morgan fingerprint density at radius 3 is 2.49 bits per heavy atom. The number of nitrogens with one attached hydrogen (secondary N) is 1. The van der Waals surface area contributed by atoms with Crippen molar-refractivity contribution in [3.8, 4) is 0 Å². The first-order chi connectivity index (χ1) is 17.7. The van der Waals surface area contributed by atoms with Gasteiger partial charge in [-0.3, -0.25) is 14.7 Å². The molecular weight excluding hydrogens is 481 g/mol. The van der Waals surface area contributed by atoms with Gasteiger partial charge in [0.25, 0.3) is 0 Å². The fourth-order valence-electron chi connectivity index (χ4n) is 5.17. The summed E-state index contributed by atoms with van der Waals surface area (Å²) in [5.74, 6) is -0.285. The highest BCUT2D eigenvalue weighted by Gasteiger charge is 2.52. The Morgan fingerprint density at radius 2 is 1.89 bits per heavy atom. The fraction of sp³-hybridized carbons (Fsp3) is 0.481. The summed E-state index contributed by atoms with van der Waals surface area (Å²) in [5.41, 5.74) is 7.37. The Bertz CT molecular complexity index is 1230. The second-order valence-corrected chi connectivity index (χ2v) is 10.1. The van der Waals surface area contributed by atoms with E-state index in [2.05, 4.69) is 32.1 Å². The van der Waals surface area contributed by atoms with Crippen molar-refractivity contribution in [1.29, 1.82) is 0 Å². The number of hydrogen-bond acceptors (Lipinski definition) is 6. The van der Waals surface area contributed by atoms with Crippen LogP contribution in [-0.2, 0) is 17.4 Å². The molecule has 1 amide bonds. The van der Waals surface area contributed by atoms with Crippen molar-refractivity contribution in [2.24, 2.45) is 11.1 Å². The zero-order chi connectivity index (χ0) is 26.2. The lowest BCUT2D eigenvalue weighted by molar-refractivity contribution is -0.138. The van der Waals surface area contributed by atoms with Crippen LogP contribution in [0.5, 0.6) is 0 Å². The Balaban J connectivity index is 1.32. The number of hydrogen-bond donors (Lipinski definition) is 2. The summed E-state index contributed by atoms with van der Waals surface area (Å²) in [6.07, 6.45) is 6.49. The molecule has 2 fully saturated rings. The van der Waals surface area contributed by atoms with E-state index in [1.165, 1.54) is 6.42 Å². The number of halogens is 3. The molecule has 0 radical (unpaired) electrons. The Kier molecular flexibility index (Phi) is 6.78. The van der Waals surface area contributed by atoms with Gasteiger partial charge in [-0.15, -0.1) is 0 Å². The standard InChI is InChI=1S/C27H31F3N6O/c1-17(36-13-4-14-36)22-10-8-19(15-32-22)34-25-33-16-21(27(28,29)30)23(35-25)9-7-18-5-2-3-6-20(18)26(11-12-26)24(31)37/h5-6,8,10,15-17H,2-4,7,9,11-14H2,1H3,(H2,31,37)(H,33,34,35). The van der Waals surface area contributed by atoms with E-state index in [1.54, 1.807) is 6.20 Å². The third-order valence-corrected chi connectivity index (χ3v) is 7.70. The molecule has 0 spiro atoms. The third-order valence-electron chi connectivity index (χ3n) is 7.70. The molecule has 196 valence electrons. The number of anilines is 2. The van der Waals surface area contributed by atoms with Gasteiger partial charge in [-0.1, -0.05) is 12.2 Å². The van der Waals surface area contributed by atoms with E-state index in [9.17, 15) is 18.0 Å². The fourth-order valence-corrected chi connectivity index (χ4v) is 5.17. The quantitative estimate of drug-likeness (QED) is 0.477. The number of rotatable bonds is 9. The summed E-state index contributed by atoms with van der Waals surface area (Å²) in [4.78, 5) is 27.1. The van der Waals surface area contributed by atoms with Crippen LogP contribution in [0.2, 0.25) is 0 Å². The average Bonchev–Trinajstić information content (AvgIpc) is 3.64. The number of allylic oxidation sites excluding steroid dienone is 3. The first-order valence-electron chi connectivity index (χ1n) is 12.8. The molecule has 1 saturated heterocycles. The van der Waals surface area contributed by atoms with Crippen LogP contribution in [0.1, 0.15) is 68.4 Å². The number of amides is 1. The van der Waals surface area contributed by atoms with Gasteiger partial charge in [0.05, 0.1) is 34.3 Å². The zero-order valence-electron chi connectivity index (χ0n) is 20.8. The van der Waals surface area contributed by atoms with Gasteiger partial charge in [-0.2, -0.15) is 13.2 Å². The first kappa shape index (κ1) is 25.4. The molecule has 1 saturated carbocycles. The van der Waals surface area contributed by atoms with Gasteiger partial charge in [0, 0.05) is 25.3 Å². The van der Waals surface area contributed by atoms with Crippen LogP contribution >= 0.6 is 0 Å². The lowest BCUT2D eigenvalue weighted by Gasteiger charge is -2.36. The van der Waals surface area contributed by atoms with Gasteiger partial charge in [0.2, 0.25) is 11.9 Å². The van der Waals surface area contributed by atoms with E-state index in [-0.39, 0.29) is 30.0 Å². The van der Waals surface area contributed by atoms with Crippen LogP contribution in [0.15, 0.2) is 47.8 Å². The van der Waals surface area contributed by atoms with Crippen molar-refractivity contribution < 1.29 is 18.0 Å². The maximum atomic E-state index is 13.8. The molecule has 0 aromatic carbocycles. The number of pyridine rings is 1. The zero-order valence-corrected chi connectivity index (χ0v) is 20.8. The van der Waals surface area contributed by atoms with Gasteiger partial charge >= 0.3 is 6.18 Å². The summed E-state index contributed by atoms with van der Waals surface area (Å²) in [6.45, 7) is 4.22. The molecule has 1 atom stereocenters. The molecular formula is C27H31F3N6O. The highest BCUT2D eigenvalue weighted by atomic mass is 19.4. The van der Waals surface area contributed by atoms with Crippen LogP contribution < -0.4 is 11.1 Å². The predicted molar refractivity (Wildman–Crippen MR) is 134 cm³/mol. The number of primary amides is 1. The lowest BCUT2D eigenvalue weighted by atomic mass is 9.82. The van der Waals surface area contributed by atoms with E-state index in [1.807, 2.05) is 24.3 Å². The van der Waals surface area contributed by atoms with Gasteiger partial charge in [-0.25, -0.2) is 9.97 Å². The highest BCUT2D eigenvalue weighted by Crippen LogP contribution is 2.55. The van der Waals surface area contributed by atoms with Gasteiger partial charge in [-0.05, 0) is 75.1 Å². The van der Waals surface area contributed by atoms with Gasteiger partial charge in [0.1, 0.15) is 0 Å². The van der Waals surface area contributed by atoms with E-state index in [4.69, 9.17) is 5.73 Å². The molecule has 37 heavy (non-hydrogen) atoms. The number of aromatic nitrogens is 3. The second kappa shape index (κ2) is 9.89. The van der Waals surface area contributed by atoms with E-state index in [0.29, 0.717) is 24.9 Å². The molecule has 3 heterocycles. The first-order valence-corrected chi connectivity index (χ1v) is 12.8. The summed E-state index contributed by atoms with van der Waals surface area (Å²) in [7, 11) is 0. The third kappa shape index (κ3) is 5.25. The highest BCUT2D eigenvalue weighted by molar-refractivity contribution is 5.88. The van der Waals surface area contributed by atoms with Crippen molar-refractivity contribution in [3.05, 3.63) is 64.8 Å². The maximum Gasteiger partial charge on any atom is 0.419 e. The minimum absolute atomic E-state index is 0.0641. The second-order valence-electron chi connectivity index (χ2n) is 10.1. The number of carbonyl (C=O) groups excluding carboxylic acids is 1. The summed E-state index contributed by atoms with van der Waals surface area (Å²) in [6, 6.07) is 3.96. The average molecular weight is 513 g/mol. The summed E-state index contributed by atoms with van der Waals surface area (Å²) < 4.78 is 41.3. The molecule has 10 heteroatoms. The molecule has 5 rings (SSSR count). The van der Waals surface area contributed by atoms with Crippen LogP contribution in [0, 0.1) is 5.41 Å². The molecule has 2 aliphatic carbocycles. The van der Waals surface area contributed by atoms with Crippen LogP contribution in [0.3, 0.4) is 0 Å². The van der Waals surface area contributed by atoms with E-state index >= 15 is 0 Å². The van der Waals surface area contributed by atoms with Crippen molar-refractivity contribution in [2.45, 2.75) is 64.1 Å².